The lowest BCUT2D eigenvalue weighted by Gasteiger charge is -2.12. The Labute approximate surface area is 129 Å². The maximum atomic E-state index is 11.7. The van der Waals surface area contributed by atoms with Gasteiger partial charge >= 0.3 is 10.2 Å². The normalized spacial score (nSPS) is 11.3. The molecule has 1 heterocycles. The Morgan fingerprint density at radius 3 is 2.09 bits per heavy atom. The monoisotopic (exact) mass is 323 g/mol. The second-order valence-electron chi connectivity index (χ2n) is 4.55. The Hall–Kier alpha value is -2.39. The van der Waals surface area contributed by atoms with Gasteiger partial charge in [-0.05, 0) is 36.4 Å². The van der Waals surface area contributed by atoms with Crippen LogP contribution in [0.2, 0.25) is 0 Å². The van der Waals surface area contributed by atoms with Crippen molar-refractivity contribution < 1.29 is 13.2 Å². The molecule has 0 saturated heterocycles. The summed E-state index contributed by atoms with van der Waals surface area (Å²) in [5, 5.41) is 10.8. The van der Waals surface area contributed by atoms with Crippen molar-refractivity contribution in [1.82, 2.24) is 14.5 Å². The average Bonchev–Trinajstić information content (AvgIpc) is 2.49. The number of benzene rings is 1. The van der Waals surface area contributed by atoms with E-state index in [0.717, 1.165) is 15.7 Å². The molecule has 0 fully saturated rings. The van der Waals surface area contributed by atoms with Crippen LogP contribution in [0.5, 0.6) is 5.75 Å². The molecular formula is C13H17N5O3S. The van der Waals surface area contributed by atoms with Crippen molar-refractivity contribution in [1.29, 1.82) is 0 Å². The molecule has 0 amide bonds. The van der Waals surface area contributed by atoms with E-state index in [9.17, 15) is 8.42 Å². The molecule has 0 atom stereocenters. The summed E-state index contributed by atoms with van der Waals surface area (Å²) >= 11 is 0. The average molecular weight is 323 g/mol. The van der Waals surface area contributed by atoms with Crippen LogP contribution in [0.4, 0.5) is 17.3 Å². The fourth-order valence-electron chi connectivity index (χ4n) is 1.50. The van der Waals surface area contributed by atoms with Gasteiger partial charge in [-0.2, -0.15) is 12.7 Å². The fourth-order valence-corrected chi connectivity index (χ4v) is 2.05. The van der Waals surface area contributed by atoms with Gasteiger partial charge in [-0.25, -0.2) is 0 Å². The molecule has 8 nitrogen and oxygen atoms in total. The van der Waals surface area contributed by atoms with Crippen LogP contribution in [-0.2, 0) is 10.2 Å². The Balaban J connectivity index is 2.05. The third-order valence-corrected chi connectivity index (χ3v) is 4.17. The number of nitrogens with one attached hydrogen (secondary N) is 2. The predicted octanol–water partition coefficient (Wildman–Crippen LogP) is 1.45. The van der Waals surface area contributed by atoms with E-state index in [0.29, 0.717) is 5.82 Å². The van der Waals surface area contributed by atoms with Crippen LogP contribution in [0.3, 0.4) is 0 Å². The first kappa shape index (κ1) is 16.0. The fraction of sp³-hybridized carbons (Fsp3) is 0.231. The maximum absolute atomic E-state index is 11.7. The zero-order valence-electron chi connectivity index (χ0n) is 12.4. The molecular weight excluding hydrogens is 306 g/mol. The van der Waals surface area contributed by atoms with Gasteiger partial charge in [0.15, 0.2) is 11.6 Å². The highest BCUT2D eigenvalue weighted by Gasteiger charge is 2.13. The van der Waals surface area contributed by atoms with Crippen molar-refractivity contribution in [2.75, 3.05) is 31.2 Å². The van der Waals surface area contributed by atoms with Crippen LogP contribution in [0.25, 0.3) is 0 Å². The van der Waals surface area contributed by atoms with Gasteiger partial charge in [0.2, 0.25) is 0 Å². The highest BCUT2D eigenvalue weighted by molar-refractivity contribution is 7.90. The van der Waals surface area contributed by atoms with Gasteiger partial charge < -0.3 is 10.1 Å². The van der Waals surface area contributed by atoms with Gasteiger partial charge in [0.25, 0.3) is 0 Å². The number of hydrogen-bond acceptors (Lipinski definition) is 6. The molecule has 2 N–H and O–H groups in total. The van der Waals surface area contributed by atoms with E-state index in [4.69, 9.17) is 4.74 Å². The number of methoxy groups -OCH3 is 1. The topological polar surface area (TPSA) is 96.5 Å². The lowest BCUT2D eigenvalue weighted by atomic mass is 10.3. The molecule has 0 unspecified atom stereocenters. The molecule has 2 aromatic rings. The molecule has 118 valence electrons. The highest BCUT2D eigenvalue weighted by atomic mass is 32.2. The number of aromatic nitrogens is 2. The SMILES string of the molecule is COc1ccc(Nc2ccc(NS(=O)(=O)N(C)C)nn2)cc1. The first-order valence-electron chi connectivity index (χ1n) is 6.36. The molecule has 0 saturated carbocycles. The van der Waals surface area contributed by atoms with Crippen LogP contribution < -0.4 is 14.8 Å². The Morgan fingerprint density at radius 2 is 1.59 bits per heavy atom. The summed E-state index contributed by atoms with van der Waals surface area (Å²) in [6.45, 7) is 0. The quantitative estimate of drug-likeness (QED) is 0.835. The van der Waals surface area contributed by atoms with Crippen molar-refractivity contribution in [3.63, 3.8) is 0 Å². The summed E-state index contributed by atoms with van der Waals surface area (Å²) in [6.07, 6.45) is 0. The summed E-state index contributed by atoms with van der Waals surface area (Å²) in [6, 6.07) is 10.5. The van der Waals surface area contributed by atoms with Crippen LogP contribution >= 0.6 is 0 Å². The third kappa shape index (κ3) is 4.06. The molecule has 0 radical (unpaired) electrons. The van der Waals surface area contributed by atoms with E-state index in [1.807, 2.05) is 24.3 Å². The minimum atomic E-state index is -3.58. The summed E-state index contributed by atoms with van der Waals surface area (Å²) in [5.41, 5.74) is 0.816. The number of ether oxygens (including phenoxy) is 1. The second-order valence-corrected chi connectivity index (χ2v) is 6.43. The molecule has 1 aromatic heterocycles. The number of nitrogens with zero attached hydrogens (tertiary/aromatic N) is 3. The summed E-state index contributed by atoms with van der Waals surface area (Å²) in [4.78, 5) is 0. The first-order valence-corrected chi connectivity index (χ1v) is 7.80. The largest absolute Gasteiger partial charge is 0.497 e. The zero-order chi connectivity index (χ0) is 16.2. The molecule has 2 rings (SSSR count). The van der Waals surface area contributed by atoms with Gasteiger partial charge in [-0.3, -0.25) is 4.72 Å². The maximum Gasteiger partial charge on any atom is 0.302 e. The number of anilines is 3. The first-order chi connectivity index (χ1) is 10.4. The van der Waals surface area contributed by atoms with Gasteiger partial charge in [-0.1, -0.05) is 0 Å². The van der Waals surface area contributed by atoms with E-state index in [-0.39, 0.29) is 5.82 Å². The van der Waals surface area contributed by atoms with Crippen LogP contribution in [0.15, 0.2) is 36.4 Å². The minimum Gasteiger partial charge on any atom is -0.497 e. The van der Waals surface area contributed by atoms with E-state index in [2.05, 4.69) is 20.2 Å². The molecule has 1 aromatic carbocycles. The molecule has 0 aliphatic heterocycles. The van der Waals surface area contributed by atoms with Gasteiger partial charge in [0.05, 0.1) is 7.11 Å². The summed E-state index contributed by atoms with van der Waals surface area (Å²) < 4.78 is 31.7. The van der Waals surface area contributed by atoms with Crippen molar-refractivity contribution >= 4 is 27.5 Å². The minimum absolute atomic E-state index is 0.147. The van der Waals surface area contributed by atoms with Crippen molar-refractivity contribution in [3.8, 4) is 5.75 Å². The number of rotatable bonds is 6. The van der Waals surface area contributed by atoms with Crippen LogP contribution in [0, 0.1) is 0 Å². The Bertz CT molecular complexity index is 714. The van der Waals surface area contributed by atoms with Gasteiger partial charge in [-0.15, -0.1) is 10.2 Å². The predicted molar refractivity (Wildman–Crippen MR) is 84.5 cm³/mol. The summed E-state index contributed by atoms with van der Waals surface area (Å²) in [7, 11) is 0.866. The Morgan fingerprint density at radius 1 is 1.00 bits per heavy atom. The molecule has 0 spiro atoms. The molecule has 22 heavy (non-hydrogen) atoms. The second kappa shape index (κ2) is 6.58. The van der Waals surface area contributed by atoms with Gasteiger partial charge in [0.1, 0.15) is 5.75 Å². The molecule has 0 aliphatic rings. The molecule has 0 aliphatic carbocycles. The standard InChI is InChI=1S/C13H17N5O3S/c1-18(2)22(19,20)17-13-9-8-12(15-16-13)14-10-4-6-11(21-3)7-5-10/h4-9H,1-3H3,(H,14,15)(H,16,17). The lowest BCUT2D eigenvalue weighted by Crippen LogP contribution is -2.29. The Kier molecular flexibility index (Phi) is 4.78. The summed E-state index contributed by atoms with van der Waals surface area (Å²) in [5.74, 6) is 1.40. The van der Waals surface area contributed by atoms with Crippen molar-refractivity contribution in [2.45, 2.75) is 0 Å². The van der Waals surface area contributed by atoms with Crippen LogP contribution in [0.1, 0.15) is 0 Å². The van der Waals surface area contributed by atoms with Crippen molar-refractivity contribution in [2.24, 2.45) is 0 Å². The van der Waals surface area contributed by atoms with Gasteiger partial charge in [0, 0.05) is 19.8 Å². The lowest BCUT2D eigenvalue weighted by molar-refractivity contribution is 0.415. The van der Waals surface area contributed by atoms with Crippen LogP contribution in [-0.4, -0.2) is 44.1 Å². The van der Waals surface area contributed by atoms with E-state index < -0.39 is 10.2 Å². The van der Waals surface area contributed by atoms with E-state index >= 15 is 0 Å². The van der Waals surface area contributed by atoms with E-state index in [1.165, 1.54) is 20.2 Å². The van der Waals surface area contributed by atoms with Crippen molar-refractivity contribution in [3.05, 3.63) is 36.4 Å². The number of hydrogen-bond donors (Lipinski definition) is 2. The molecule has 0 bridgehead atoms. The highest BCUT2D eigenvalue weighted by Crippen LogP contribution is 2.18. The van der Waals surface area contributed by atoms with E-state index in [1.54, 1.807) is 13.2 Å². The molecule has 9 heteroatoms. The third-order valence-electron chi connectivity index (χ3n) is 2.74. The zero-order valence-corrected chi connectivity index (χ0v) is 13.3. The smallest absolute Gasteiger partial charge is 0.302 e.